The largest absolute Gasteiger partial charge is 0.489 e. The van der Waals surface area contributed by atoms with Crippen LogP contribution in [-0.2, 0) is 0 Å². The van der Waals surface area contributed by atoms with Gasteiger partial charge in [0, 0.05) is 23.7 Å². The summed E-state index contributed by atoms with van der Waals surface area (Å²) in [5.41, 5.74) is 2.09. The number of benzene rings is 1. The van der Waals surface area contributed by atoms with Crippen LogP contribution in [0.15, 0.2) is 46.6 Å². The summed E-state index contributed by atoms with van der Waals surface area (Å²) in [7, 11) is 0. The van der Waals surface area contributed by atoms with Crippen LogP contribution in [-0.4, -0.2) is 24.8 Å². The summed E-state index contributed by atoms with van der Waals surface area (Å²) >= 11 is 5.98. The summed E-state index contributed by atoms with van der Waals surface area (Å²) in [6.07, 6.45) is 2.97. The van der Waals surface area contributed by atoms with E-state index in [2.05, 4.69) is 11.4 Å². The second kappa shape index (κ2) is 6.35. The summed E-state index contributed by atoms with van der Waals surface area (Å²) < 4.78 is 10.8. The Labute approximate surface area is 128 Å². The quantitative estimate of drug-likeness (QED) is 0.891. The van der Waals surface area contributed by atoms with Gasteiger partial charge in [-0.3, -0.25) is 0 Å². The van der Waals surface area contributed by atoms with E-state index in [1.54, 1.807) is 18.4 Å². The number of aliphatic hydroxyl groups excluding tert-OH is 1. The van der Waals surface area contributed by atoms with Crippen molar-refractivity contribution in [2.24, 2.45) is 0 Å². The number of halogens is 1. The van der Waals surface area contributed by atoms with Crippen molar-refractivity contribution in [1.82, 2.24) is 5.32 Å². The first-order chi connectivity index (χ1) is 10.2. The van der Waals surface area contributed by atoms with Crippen molar-refractivity contribution in [2.45, 2.75) is 6.10 Å². The Morgan fingerprint density at radius 3 is 3.05 bits per heavy atom. The van der Waals surface area contributed by atoms with E-state index < -0.39 is 6.10 Å². The molecule has 1 unspecified atom stereocenters. The fourth-order valence-corrected chi connectivity index (χ4v) is 2.43. The highest BCUT2D eigenvalue weighted by atomic mass is 35.5. The fourth-order valence-electron chi connectivity index (χ4n) is 2.25. The highest BCUT2D eigenvalue weighted by molar-refractivity contribution is 6.30. The molecule has 1 aromatic heterocycles. The van der Waals surface area contributed by atoms with Crippen LogP contribution in [0.5, 0.6) is 5.75 Å². The SMILES string of the molecule is OC(CNCC1=Cc2cc(Cl)ccc2OC1)c1ccco1. The van der Waals surface area contributed by atoms with Crippen LogP contribution in [0.4, 0.5) is 0 Å². The van der Waals surface area contributed by atoms with Gasteiger partial charge >= 0.3 is 0 Å². The van der Waals surface area contributed by atoms with Gasteiger partial charge in [0.2, 0.25) is 0 Å². The zero-order valence-electron chi connectivity index (χ0n) is 11.4. The minimum atomic E-state index is -0.646. The van der Waals surface area contributed by atoms with E-state index in [0.717, 1.165) is 16.9 Å². The molecule has 0 spiro atoms. The molecule has 0 bridgehead atoms. The molecular weight excluding hydrogens is 290 g/mol. The highest BCUT2D eigenvalue weighted by Gasteiger charge is 2.13. The van der Waals surface area contributed by atoms with Crippen LogP contribution in [0.3, 0.4) is 0 Å². The van der Waals surface area contributed by atoms with Gasteiger partial charge < -0.3 is 19.6 Å². The summed E-state index contributed by atoms with van der Waals surface area (Å²) in [6, 6.07) is 9.09. The molecule has 1 aromatic carbocycles. The predicted molar refractivity (Wildman–Crippen MR) is 81.5 cm³/mol. The zero-order valence-corrected chi connectivity index (χ0v) is 12.1. The molecule has 5 heteroatoms. The number of hydrogen-bond donors (Lipinski definition) is 2. The van der Waals surface area contributed by atoms with E-state index in [0.29, 0.717) is 30.5 Å². The Hall–Kier alpha value is -1.75. The standard InChI is InChI=1S/C16H16ClNO3/c17-13-3-4-15-12(7-13)6-11(10-21-15)8-18-9-14(19)16-2-1-5-20-16/h1-7,14,18-19H,8-10H2. The molecule has 110 valence electrons. The second-order valence-electron chi connectivity index (χ2n) is 4.94. The van der Waals surface area contributed by atoms with Crippen LogP contribution in [0.25, 0.3) is 6.08 Å². The Morgan fingerprint density at radius 1 is 1.33 bits per heavy atom. The van der Waals surface area contributed by atoms with Gasteiger partial charge in [0.15, 0.2) is 0 Å². The minimum absolute atomic E-state index is 0.424. The van der Waals surface area contributed by atoms with Gasteiger partial charge in [0.05, 0.1) is 6.26 Å². The maximum atomic E-state index is 9.91. The van der Waals surface area contributed by atoms with Crippen LogP contribution in [0, 0.1) is 0 Å². The monoisotopic (exact) mass is 305 g/mol. The molecule has 0 fully saturated rings. The Balaban J connectivity index is 1.56. The van der Waals surface area contributed by atoms with Crippen molar-refractivity contribution in [3.63, 3.8) is 0 Å². The third-order valence-corrected chi connectivity index (χ3v) is 3.54. The Bertz CT molecular complexity index is 637. The molecule has 2 heterocycles. The summed E-state index contributed by atoms with van der Waals surface area (Å²) in [4.78, 5) is 0. The molecule has 2 N–H and O–H groups in total. The molecule has 21 heavy (non-hydrogen) atoms. The van der Waals surface area contributed by atoms with E-state index >= 15 is 0 Å². The number of rotatable bonds is 5. The third-order valence-electron chi connectivity index (χ3n) is 3.31. The zero-order chi connectivity index (χ0) is 14.7. The number of ether oxygens (including phenoxy) is 1. The topological polar surface area (TPSA) is 54.6 Å². The van der Waals surface area contributed by atoms with Gasteiger partial charge in [-0.2, -0.15) is 0 Å². The third kappa shape index (κ3) is 3.47. The van der Waals surface area contributed by atoms with Gasteiger partial charge in [-0.1, -0.05) is 11.6 Å². The van der Waals surface area contributed by atoms with E-state index in [9.17, 15) is 5.11 Å². The van der Waals surface area contributed by atoms with Crippen molar-refractivity contribution in [2.75, 3.05) is 19.7 Å². The molecule has 0 radical (unpaired) electrons. The predicted octanol–water partition coefficient (Wildman–Crippen LogP) is 3.03. The van der Waals surface area contributed by atoms with Gasteiger partial charge in [0.25, 0.3) is 0 Å². The molecule has 1 aliphatic heterocycles. The molecule has 4 nitrogen and oxygen atoms in total. The average Bonchev–Trinajstić information content (AvgIpc) is 3.01. The first-order valence-corrected chi connectivity index (χ1v) is 7.14. The van der Waals surface area contributed by atoms with E-state index in [1.807, 2.05) is 18.2 Å². The molecular formula is C16H16ClNO3. The van der Waals surface area contributed by atoms with Crippen molar-refractivity contribution >= 4 is 17.7 Å². The lowest BCUT2D eigenvalue weighted by atomic mass is 10.1. The number of nitrogens with one attached hydrogen (secondary N) is 1. The molecule has 2 aromatic rings. The summed E-state index contributed by atoms with van der Waals surface area (Å²) in [6.45, 7) is 1.61. The van der Waals surface area contributed by atoms with Crippen molar-refractivity contribution in [3.05, 3.63) is 58.5 Å². The van der Waals surface area contributed by atoms with Crippen molar-refractivity contribution in [3.8, 4) is 5.75 Å². The normalized spacial score (nSPS) is 15.0. The van der Waals surface area contributed by atoms with Crippen molar-refractivity contribution < 1.29 is 14.3 Å². The van der Waals surface area contributed by atoms with Crippen LogP contribution >= 0.6 is 11.6 Å². The van der Waals surface area contributed by atoms with Crippen LogP contribution in [0.1, 0.15) is 17.4 Å². The molecule has 1 aliphatic rings. The highest BCUT2D eigenvalue weighted by Crippen LogP contribution is 2.28. The lowest BCUT2D eigenvalue weighted by Gasteiger charge is -2.19. The van der Waals surface area contributed by atoms with Gasteiger partial charge in [0.1, 0.15) is 24.2 Å². The lowest BCUT2D eigenvalue weighted by molar-refractivity contribution is 0.148. The van der Waals surface area contributed by atoms with Gasteiger partial charge in [-0.25, -0.2) is 0 Å². The average molecular weight is 306 g/mol. The fraction of sp³-hybridized carbons (Fsp3) is 0.250. The maximum absolute atomic E-state index is 9.91. The van der Waals surface area contributed by atoms with Gasteiger partial charge in [-0.15, -0.1) is 0 Å². The maximum Gasteiger partial charge on any atom is 0.133 e. The molecule has 0 amide bonds. The van der Waals surface area contributed by atoms with Crippen LogP contribution in [0.2, 0.25) is 5.02 Å². The van der Waals surface area contributed by atoms with E-state index in [4.69, 9.17) is 20.8 Å². The number of fused-ring (bicyclic) bond motifs is 1. The Kier molecular flexibility index (Phi) is 4.29. The molecule has 3 rings (SSSR count). The summed E-state index contributed by atoms with van der Waals surface area (Å²) in [5.74, 6) is 1.41. The second-order valence-corrected chi connectivity index (χ2v) is 5.37. The number of furan rings is 1. The summed E-state index contributed by atoms with van der Waals surface area (Å²) in [5, 5.41) is 13.8. The molecule has 0 saturated carbocycles. The van der Waals surface area contributed by atoms with Crippen LogP contribution < -0.4 is 10.1 Å². The first kappa shape index (κ1) is 14.2. The minimum Gasteiger partial charge on any atom is -0.489 e. The van der Waals surface area contributed by atoms with E-state index in [1.165, 1.54) is 0 Å². The number of aliphatic hydroxyl groups is 1. The van der Waals surface area contributed by atoms with Gasteiger partial charge in [-0.05, 0) is 42.0 Å². The molecule has 0 saturated heterocycles. The molecule has 1 atom stereocenters. The number of hydrogen-bond acceptors (Lipinski definition) is 4. The van der Waals surface area contributed by atoms with Crippen molar-refractivity contribution in [1.29, 1.82) is 0 Å². The Morgan fingerprint density at radius 2 is 2.24 bits per heavy atom. The van der Waals surface area contributed by atoms with E-state index in [-0.39, 0.29) is 0 Å². The smallest absolute Gasteiger partial charge is 0.133 e. The molecule has 0 aliphatic carbocycles. The first-order valence-electron chi connectivity index (χ1n) is 6.76. The lowest BCUT2D eigenvalue weighted by Crippen LogP contribution is -2.26.